The average molecular weight is 1320 g/mol. The number of carbonyl (C=O) groups is 13. The van der Waals surface area contributed by atoms with Crippen LogP contribution in [-0.4, -0.2) is 210 Å². The third-order valence-corrected chi connectivity index (χ3v) is 14.9. The van der Waals surface area contributed by atoms with Gasteiger partial charge in [-0.1, -0.05) is 82.3 Å². The highest BCUT2D eigenvalue weighted by Crippen LogP contribution is 2.20. The summed E-state index contributed by atoms with van der Waals surface area (Å²) in [6, 6.07) is 1.33. The second-order valence-electron chi connectivity index (χ2n) is 23.5. The molecule has 32 nitrogen and oxygen atoms in total. The van der Waals surface area contributed by atoms with Crippen LogP contribution in [0.1, 0.15) is 89.3 Å². The van der Waals surface area contributed by atoms with Crippen LogP contribution >= 0.6 is 0 Å². The number of nitrogens with zero attached hydrogens (tertiary/aromatic N) is 1. The molecule has 0 saturated carbocycles. The molecule has 1 aliphatic heterocycles. The number of rotatable bonds is 38. The maximum Gasteiger partial charge on any atom is 0.326 e. The van der Waals surface area contributed by atoms with E-state index in [4.69, 9.17) is 11.5 Å². The molecule has 11 atom stereocenters. The van der Waals surface area contributed by atoms with Crippen LogP contribution < -0.4 is 59.3 Å². The average Bonchev–Trinajstić information content (AvgIpc) is 1.57. The summed E-state index contributed by atoms with van der Waals surface area (Å²) in [5.74, 6) is -15.1. The van der Waals surface area contributed by atoms with Crippen molar-refractivity contribution in [2.24, 2.45) is 23.3 Å². The van der Waals surface area contributed by atoms with Crippen molar-refractivity contribution in [3.05, 3.63) is 95.6 Å². The number of aliphatic hydroxyl groups excluding tert-OH is 3. The number of likely N-dealkylation sites (tertiary alicyclic amines) is 1. The number of phenolic OH excluding ortho intramolecular Hbond substituents is 2. The zero-order chi connectivity index (χ0) is 69.9. The molecule has 1 heterocycles. The number of carboxylic acid groups (broad SMARTS) is 2. The lowest BCUT2D eigenvalue weighted by Gasteiger charge is -2.30. The summed E-state index contributed by atoms with van der Waals surface area (Å²) in [5.41, 5.74) is 12.7. The molecule has 0 aliphatic carbocycles. The van der Waals surface area contributed by atoms with Crippen LogP contribution in [0.5, 0.6) is 11.5 Å². The van der Waals surface area contributed by atoms with Crippen molar-refractivity contribution in [3.8, 4) is 11.5 Å². The maximum absolute atomic E-state index is 14.6. The van der Waals surface area contributed by atoms with E-state index in [0.717, 1.165) is 4.90 Å². The molecule has 4 rings (SSSR count). The van der Waals surface area contributed by atoms with Crippen molar-refractivity contribution >= 4 is 76.9 Å². The van der Waals surface area contributed by atoms with Crippen LogP contribution in [0.25, 0.3) is 0 Å². The van der Waals surface area contributed by atoms with Crippen LogP contribution in [0.3, 0.4) is 0 Å². The number of amides is 11. The van der Waals surface area contributed by atoms with Gasteiger partial charge < -0.3 is 100.0 Å². The lowest BCUT2D eigenvalue weighted by molar-refractivity contribution is -0.143. The third-order valence-electron chi connectivity index (χ3n) is 14.9. The van der Waals surface area contributed by atoms with Gasteiger partial charge >= 0.3 is 11.9 Å². The highest BCUT2D eigenvalue weighted by Gasteiger charge is 2.41. The molecule has 1 aliphatic rings. The molecule has 20 N–H and O–H groups in total. The zero-order valence-electron chi connectivity index (χ0n) is 52.5. The lowest BCUT2D eigenvalue weighted by Crippen LogP contribution is -2.62. The van der Waals surface area contributed by atoms with Crippen molar-refractivity contribution < 1.29 is 98.1 Å². The fourth-order valence-electron chi connectivity index (χ4n) is 10.00. The number of aliphatic carboxylic acids is 2. The number of benzene rings is 3. The van der Waals surface area contributed by atoms with Crippen molar-refractivity contribution in [2.75, 3.05) is 26.4 Å². The van der Waals surface area contributed by atoms with Crippen LogP contribution in [0.15, 0.2) is 78.9 Å². The quantitative estimate of drug-likeness (QED) is 0.0258. The number of hydrogen-bond acceptors (Lipinski definition) is 19. The van der Waals surface area contributed by atoms with E-state index in [2.05, 4.69) is 47.9 Å². The Morgan fingerprint density at radius 1 is 0.479 bits per heavy atom. The number of hydrogen-bond donors (Lipinski definition) is 18. The monoisotopic (exact) mass is 1320 g/mol. The molecule has 3 aromatic rings. The lowest BCUT2D eigenvalue weighted by atomic mass is 10.0. The van der Waals surface area contributed by atoms with Crippen molar-refractivity contribution in [1.29, 1.82) is 0 Å². The molecule has 0 bridgehead atoms. The van der Waals surface area contributed by atoms with E-state index < -0.39 is 189 Å². The van der Waals surface area contributed by atoms with Gasteiger partial charge in [-0.05, 0) is 84.9 Å². The molecular formula is C62H86N12O20. The summed E-state index contributed by atoms with van der Waals surface area (Å²) in [5, 5.41) is 91.8. The molecule has 514 valence electrons. The molecule has 1 saturated heterocycles. The van der Waals surface area contributed by atoms with Crippen LogP contribution in [-0.2, 0) is 81.6 Å². The predicted molar refractivity (Wildman–Crippen MR) is 332 cm³/mol. The smallest absolute Gasteiger partial charge is 0.326 e. The van der Waals surface area contributed by atoms with E-state index >= 15 is 0 Å². The van der Waals surface area contributed by atoms with Crippen molar-refractivity contribution in [3.63, 3.8) is 0 Å². The molecular weight excluding hydrogens is 1230 g/mol. The first-order chi connectivity index (χ1) is 44.4. The minimum Gasteiger partial charge on any atom is -0.508 e. The Hall–Kier alpha value is -9.79. The highest BCUT2D eigenvalue weighted by atomic mass is 16.4. The second-order valence-corrected chi connectivity index (χ2v) is 23.5. The third kappa shape index (κ3) is 25.0. The van der Waals surface area contributed by atoms with E-state index in [1.165, 1.54) is 48.5 Å². The van der Waals surface area contributed by atoms with Gasteiger partial charge in [0.1, 0.15) is 71.9 Å². The Balaban J connectivity index is 1.55. The second kappa shape index (κ2) is 37.7. The molecule has 0 spiro atoms. The Morgan fingerprint density at radius 2 is 0.862 bits per heavy atom. The number of aromatic hydroxyl groups is 2. The van der Waals surface area contributed by atoms with Gasteiger partial charge in [0.05, 0.1) is 32.3 Å². The maximum atomic E-state index is 14.6. The van der Waals surface area contributed by atoms with E-state index in [1.807, 2.05) is 13.8 Å². The Kier molecular flexibility index (Phi) is 30.7. The van der Waals surface area contributed by atoms with Crippen LogP contribution in [0.2, 0.25) is 0 Å². The number of carboxylic acids is 2. The normalized spacial score (nSPS) is 16.0. The summed E-state index contributed by atoms with van der Waals surface area (Å²) in [6.07, 6.45) is -2.80. The molecule has 0 radical (unpaired) electrons. The molecule has 32 heteroatoms. The zero-order valence-corrected chi connectivity index (χ0v) is 52.5. The van der Waals surface area contributed by atoms with Crippen LogP contribution in [0, 0.1) is 11.8 Å². The molecule has 1 fully saturated rings. The highest BCUT2D eigenvalue weighted by molar-refractivity contribution is 6.00. The summed E-state index contributed by atoms with van der Waals surface area (Å²) >= 11 is 0. The van der Waals surface area contributed by atoms with E-state index in [-0.39, 0.29) is 68.4 Å². The Labute approximate surface area is 541 Å². The molecule has 94 heavy (non-hydrogen) atoms. The fraction of sp³-hybridized carbons (Fsp3) is 0.500. The first kappa shape index (κ1) is 76.7. The molecule has 0 unspecified atom stereocenters. The number of aliphatic hydroxyl groups is 3. The number of nitrogens with two attached hydrogens (primary N) is 2. The minimum absolute atomic E-state index is 0.00843. The van der Waals surface area contributed by atoms with E-state index in [1.54, 1.807) is 44.2 Å². The first-order valence-electron chi connectivity index (χ1n) is 30.4. The summed E-state index contributed by atoms with van der Waals surface area (Å²) < 4.78 is 0. The van der Waals surface area contributed by atoms with Gasteiger partial charge in [-0.25, -0.2) is 4.79 Å². The minimum atomic E-state index is -1.85. The van der Waals surface area contributed by atoms with Crippen LogP contribution in [0.4, 0.5) is 0 Å². The number of nitrogens with one attached hydrogen (secondary N) is 9. The SMILES string of the molecule is CC(C)C[C@H](NC(=O)[C@H](CC(N)=O)NC(=O)[C@H](CCC(=O)O)NC(=O)[C@H](Cc1ccc(O)cc1)NC(=O)[C@H](Cc1ccccc1)NC(=O)[C@H](CO)NC(=O)[C@@H]1CCCN1C(=O)[C@H](CO)NC(=O)[C@H](CO)NC(=O)[C@H](Cc1ccc(O)cc1)NC(=O)[C@@H](N)CC(C)C)C(=O)O. The van der Waals surface area contributed by atoms with Gasteiger partial charge in [0, 0.05) is 32.2 Å². The van der Waals surface area contributed by atoms with Gasteiger partial charge in [0.15, 0.2) is 0 Å². The van der Waals surface area contributed by atoms with Gasteiger partial charge in [0.2, 0.25) is 65.0 Å². The molecule has 3 aromatic carbocycles. The molecule has 0 aromatic heterocycles. The number of phenols is 2. The summed E-state index contributed by atoms with van der Waals surface area (Å²) in [6.45, 7) is 3.70. The topological polar surface area (TPSA) is 527 Å². The molecule has 11 amide bonds. The van der Waals surface area contributed by atoms with Gasteiger partial charge in [-0.2, -0.15) is 0 Å². The first-order valence-corrected chi connectivity index (χ1v) is 30.4. The Morgan fingerprint density at radius 3 is 1.31 bits per heavy atom. The standard InChI is InChI=1S/C62H86N12O20/c1-32(2)23-39(63)52(83)66-41(26-35-12-16-37(78)17-13-35)56(87)71-46(29-75)59(90)73-48(31-77)61(92)74-22-8-11-49(74)60(91)72-47(30-76)58(89)68-42(25-34-9-6-5-7-10-34)55(86)67-43(27-36-14-18-38(79)19-15-36)54(85)65-40(20-21-51(81)82)53(84)69-44(28-50(64)80)57(88)70-45(62(93)94)24-33(3)4/h5-7,9-10,12-19,32-33,39-49,75-79H,8,11,20-31,63H2,1-4H3,(H2,64,80)(H,65,85)(H,66,83)(H,67,86)(H,68,89)(H,69,84)(H,70,88)(H,71,87)(H,72,91)(H,73,90)(H,81,82)(H,93,94)/t39-,40-,41-,42-,43-,44-,45-,46-,47-,48-,49-/m0/s1. The van der Waals surface area contributed by atoms with E-state index in [9.17, 15) is 98.1 Å². The Bertz CT molecular complexity index is 3120. The number of carbonyl (C=O) groups excluding carboxylic acids is 11. The van der Waals surface area contributed by atoms with E-state index in [0.29, 0.717) is 16.7 Å². The van der Waals surface area contributed by atoms with Crippen molar-refractivity contribution in [2.45, 2.75) is 158 Å². The van der Waals surface area contributed by atoms with Crippen molar-refractivity contribution in [1.82, 2.24) is 52.8 Å². The van der Waals surface area contributed by atoms with Gasteiger partial charge in [0.25, 0.3) is 0 Å². The summed E-state index contributed by atoms with van der Waals surface area (Å²) in [7, 11) is 0. The number of primary amides is 1. The van der Waals surface area contributed by atoms with Gasteiger partial charge in [-0.15, -0.1) is 0 Å². The fourth-order valence-corrected chi connectivity index (χ4v) is 10.00. The predicted octanol–water partition coefficient (Wildman–Crippen LogP) is -4.30. The largest absolute Gasteiger partial charge is 0.508 e. The summed E-state index contributed by atoms with van der Waals surface area (Å²) in [4.78, 5) is 176. The van der Waals surface area contributed by atoms with Gasteiger partial charge in [-0.3, -0.25) is 57.5 Å².